The number of alkyl halides is 2. The van der Waals surface area contributed by atoms with Gasteiger partial charge in [0.15, 0.2) is 0 Å². The zero-order valence-corrected chi connectivity index (χ0v) is 15.1. The van der Waals surface area contributed by atoms with Crippen molar-refractivity contribution in [2.45, 2.75) is 88.6 Å². The maximum absolute atomic E-state index is 5.96. The van der Waals surface area contributed by atoms with Crippen LogP contribution in [0.1, 0.15) is 78.1 Å². The molecular formula is C16H32Cl2S. The number of hydrogen-bond acceptors (Lipinski definition) is 1. The summed E-state index contributed by atoms with van der Waals surface area (Å²) in [5.41, 5.74) is 0. The van der Waals surface area contributed by atoms with Crippen LogP contribution in [0.2, 0.25) is 0 Å². The number of rotatable bonds is 14. The van der Waals surface area contributed by atoms with E-state index in [1.54, 1.807) is 0 Å². The lowest BCUT2D eigenvalue weighted by molar-refractivity contribution is 0.616. The maximum atomic E-state index is 5.96. The molecule has 0 N–H and O–H groups in total. The minimum absolute atomic E-state index is 0.749. The van der Waals surface area contributed by atoms with E-state index in [-0.39, 0.29) is 0 Å². The van der Waals surface area contributed by atoms with Crippen molar-refractivity contribution in [3.63, 3.8) is 0 Å². The largest absolute Gasteiger partial charge is 0.155 e. The fraction of sp³-hybridized carbons (Fsp3) is 1.00. The van der Waals surface area contributed by atoms with Crippen LogP contribution in [-0.4, -0.2) is 22.3 Å². The molecule has 0 spiro atoms. The van der Waals surface area contributed by atoms with Crippen LogP contribution < -0.4 is 0 Å². The molecule has 0 aromatic carbocycles. The van der Waals surface area contributed by atoms with Gasteiger partial charge in [-0.3, -0.25) is 0 Å². The Kier molecular flexibility index (Phi) is 16.1. The van der Waals surface area contributed by atoms with E-state index in [4.69, 9.17) is 23.2 Å². The molecule has 0 fully saturated rings. The van der Waals surface area contributed by atoms with Crippen LogP contribution in [-0.2, 0) is 0 Å². The predicted molar refractivity (Wildman–Crippen MR) is 94.1 cm³/mol. The van der Waals surface area contributed by atoms with E-state index >= 15 is 0 Å². The third-order valence-electron chi connectivity index (χ3n) is 3.51. The molecule has 0 aliphatic rings. The Labute approximate surface area is 135 Å². The summed E-state index contributed by atoms with van der Waals surface area (Å²) in [6, 6.07) is 0. The van der Waals surface area contributed by atoms with Crippen LogP contribution in [0.25, 0.3) is 0 Å². The normalized spacial score (nSPS) is 14.5. The van der Waals surface area contributed by atoms with Crippen LogP contribution in [0.3, 0.4) is 0 Å². The van der Waals surface area contributed by atoms with Gasteiger partial charge in [0.2, 0.25) is 0 Å². The van der Waals surface area contributed by atoms with E-state index in [1.165, 1.54) is 51.4 Å². The van der Waals surface area contributed by atoms with Gasteiger partial charge < -0.3 is 0 Å². The van der Waals surface area contributed by atoms with Gasteiger partial charge >= 0.3 is 0 Å². The molecule has 2 unspecified atom stereocenters. The molecule has 0 bridgehead atoms. The Morgan fingerprint density at radius 3 is 1.42 bits per heavy atom. The Morgan fingerprint density at radius 1 is 0.684 bits per heavy atom. The fourth-order valence-corrected chi connectivity index (χ4v) is 4.76. The lowest BCUT2D eigenvalue weighted by atomic mass is 10.1. The summed E-state index contributed by atoms with van der Waals surface area (Å²) in [7, 11) is 0. The molecule has 116 valence electrons. The fourth-order valence-electron chi connectivity index (χ4n) is 2.32. The number of halogens is 2. The Balaban J connectivity index is 4.05. The molecule has 0 radical (unpaired) electrons. The average Bonchev–Trinajstić information content (AvgIpc) is 2.39. The Bertz CT molecular complexity index is 158. The van der Waals surface area contributed by atoms with E-state index in [0.29, 0.717) is 0 Å². The second-order valence-electron chi connectivity index (χ2n) is 5.33. The molecule has 0 aliphatic carbocycles. The first-order valence-electron chi connectivity index (χ1n) is 8.05. The van der Waals surface area contributed by atoms with Crippen LogP contribution in [0, 0.1) is 0 Å². The van der Waals surface area contributed by atoms with Crippen LogP contribution in [0.15, 0.2) is 0 Å². The molecule has 19 heavy (non-hydrogen) atoms. The standard InChI is InChI=1S/C16H32Cl2S/c1-3-5-7-9-15(11-13-17)19-16(12-14-18)10-8-6-4-2/h15-16H,3-14H2,1-2H3. The molecule has 0 rings (SSSR count). The summed E-state index contributed by atoms with van der Waals surface area (Å²) < 4.78 is 0. The minimum Gasteiger partial charge on any atom is -0.155 e. The van der Waals surface area contributed by atoms with Crippen LogP contribution in [0.4, 0.5) is 0 Å². The van der Waals surface area contributed by atoms with Crippen molar-refractivity contribution in [1.82, 2.24) is 0 Å². The second-order valence-corrected chi connectivity index (χ2v) is 7.69. The number of hydrogen-bond donors (Lipinski definition) is 0. The smallest absolute Gasteiger partial charge is 0.0233 e. The molecule has 0 nitrogen and oxygen atoms in total. The average molecular weight is 327 g/mol. The molecule has 0 aliphatic heterocycles. The molecule has 2 atom stereocenters. The van der Waals surface area contributed by atoms with Gasteiger partial charge in [-0.05, 0) is 25.7 Å². The molecule has 0 aromatic heterocycles. The van der Waals surface area contributed by atoms with Crippen LogP contribution >= 0.6 is 35.0 Å². The predicted octanol–water partition coefficient (Wildman–Crippen LogP) is 6.88. The lowest BCUT2D eigenvalue weighted by Crippen LogP contribution is -2.13. The monoisotopic (exact) mass is 326 g/mol. The van der Waals surface area contributed by atoms with E-state index < -0.39 is 0 Å². The molecule has 0 heterocycles. The highest BCUT2D eigenvalue weighted by molar-refractivity contribution is 8.00. The third-order valence-corrected chi connectivity index (χ3v) is 5.66. The van der Waals surface area contributed by atoms with Crippen molar-refractivity contribution in [2.24, 2.45) is 0 Å². The first kappa shape index (κ1) is 19.9. The lowest BCUT2D eigenvalue weighted by Gasteiger charge is -2.22. The first-order chi connectivity index (χ1) is 9.28. The van der Waals surface area contributed by atoms with Crippen molar-refractivity contribution < 1.29 is 0 Å². The van der Waals surface area contributed by atoms with Gasteiger partial charge in [-0.15, -0.1) is 23.2 Å². The summed E-state index contributed by atoms with van der Waals surface area (Å²) in [6.07, 6.45) is 13.0. The summed E-state index contributed by atoms with van der Waals surface area (Å²) in [4.78, 5) is 0. The number of thioether (sulfide) groups is 1. The van der Waals surface area contributed by atoms with Gasteiger partial charge in [0.25, 0.3) is 0 Å². The maximum Gasteiger partial charge on any atom is 0.0233 e. The molecular weight excluding hydrogens is 295 g/mol. The third kappa shape index (κ3) is 12.4. The molecule has 0 amide bonds. The van der Waals surface area contributed by atoms with Gasteiger partial charge in [-0.1, -0.05) is 52.4 Å². The van der Waals surface area contributed by atoms with E-state index in [9.17, 15) is 0 Å². The van der Waals surface area contributed by atoms with Gasteiger partial charge in [0.05, 0.1) is 0 Å². The topological polar surface area (TPSA) is 0 Å². The van der Waals surface area contributed by atoms with Crippen molar-refractivity contribution in [3.8, 4) is 0 Å². The first-order valence-corrected chi connectivity index (χ1v) is 10.1. The minimum atomic E-state index is 0.749. The Morgan fingerprint density at radius 2 is 1.11 bits per heavy atom. The van der Waals surface area contributed by atoms with Crippen molar-refractivity contribution in [3.05, 3.63) is 0 Å². The number of unbranched alkanes of at least 4 members (excludes halogenated alkanes) is 4. The van der Waals surface area contributed by atoms with Gasteiger partial charge in [-0.25, -0.2) is 0 Å². The highest BCUT2D eigenvalue weighted by Crippen LogP contribution is 2.31. The highest BCUT2D eigenvalue weighted by atomic mass is 35.5. The summed E-state index contributed by atoms with van der Waals surface area (Å²) >= 11 is 14.1. The van der Waals surface area contributed by atoms with Gasteiger partial charge in [0.1, 0.15) is 0 Å². The van der Waals surface area contributed by atoms with E-state index in [1.807, 2.05) is 0 Å². The highest BCUT2D eigenvalue weighted by Gasteiger charge is 2.16. The zero-order valence-electron chi connectivity index (χ0n) is 12.8. The molecule has 0 saturated heterocycles. The summed E-state index contributed by atoms with van der Waals surface area (Å²) in [6.45, 7) is 4.54. The summed E-state index contributed by atoms with van der Waals surface area (Å²) in [5, 5.41) is 1.50. The second kappa shape index (κ2) is 15.3. The van der Waals surface area contributed by atoms with Gasteiger partial charge in [-0.2, -0.15) is 11.8 Å². The molecule has 3 heteroatoms. The summed E-state index contributed by atoms with van der Waals surface area (Å²) in [5.74, 6) is 1.60. The van der Waals surface area contributed by atoms with Gasteiger partial charge in [0, 0.05) is 22.3 Å². The zero-order chi connectivity index (χ0) is 14.3. The van der Waals surface area contributed by atoms with E-state index in [2.05, 4.69) is 25.6 Å². The van der Waals surface area contributed by atoms with Crippen molar-refractivity contribution >= 4 is 35.0 Å². The van der Waals surface area contributed by atoms with Crippen molar-refractivity contribution in [2.75, 3.05) is 11.8 Å². The quantitative estimate of drug-likeness (QED) is 0.248. The van der Waals surface area contributed by atoms with Crippen LogP contribution in [0.5, 0.6) is 0 Å². The Hall–Kier alpha value is 0.930. The molecule has 0 aromatic rings. The van der Waals surface area contributed by atoms with Crippen molar-refractivity contribution in [1.29, 1.82) is 0 Å². The van der Waals surface area contributed by atoms with E-state index in [0.717, 1.165) is 35.1 Å². The molecule has 0 saturated carbocycles. The SMILES string of the molecule is CCCCCC(CCCl)SC(CCCl)CCCCC.